The van der Waals surface area contributed by atoms with Crippen LogP contribution in [0.25, 0.3) is 0 Å². The molecule has 0 fully saturated rings. The predicted molar refractivity (Wildman–Crippen MR) is 77.4 cm³/mol. The van der Waals surface area contributed by atoms with Gasteiger partial charge in [-0.15, -0.1) is 11.3 Å². The van der Waals surface area contributed by atoms with E-state index in [0.29, 0.717) is 6.54 Å². The summed E-state index contributed by atoms with van der Waals surface area (Å²) in [5.74, 6) is 0.134. The van der Waals surface area contributed by atoms with E-state index < -0.39 is 10.0 Å². The molecule has 2 N–H and O–H groups in total. The highest BCUT2D eigenvalue weighted by Gasteiger charge is 2.18. The molecule has 0 saturated carbocycles. The number of rotatable bonds is 9. The van der Waals surface area contributed by atoms with Gasteiger partial charge in [0.05, 0.1) is 11.8 Å². The van der Waals surface area contributed by atoms with Gasteiger partial charge in [-0.1, -0.05) is 19.9 Å². The van der Waals surface area contributed by atoms with Crippen LogP contribution in [0.3, 0.4) is 0 Å². The largest absolute Gasteiger partial charge is 0.316 e. The van der Waals surface area contributed by atoms with E-state index in [0.717, 1.165) is 24.3 Å². The molecule has 1 unspecified atom stereocenters. The van der Waals surface area contributed by atoms with Crippen LogP contribution in [0.1, 0.15) is 37.6 Å². The zero-order valence-electron chi connectivity index (χ0n) is 11.0. The molecule has 4 nitrogen and oxygen atoms in total. The Hall–Kier alpha value is -0.430. The smallest absolute Gasteiger partial charge is 0.213 e. The van der Waals surface area contributed by atoms with Gasteiger partial charge in [-0.2, -0.15) is 0 Å². The van der Waals surface area contributed by atoms with Crippen LogP contribution in [0.2, 0.25) is 0 Å². The van der Waals surface area contributed by atoms with Crippen molar-refractivity contribution < 1.29 is 8.42 Å². The molecule has 0 amide bonds. The normalized spacial score (nSPS) is 13.7. The lowest BCUT2D eigenvalue weighted by atomic mass is 10.2. The number of nitrogens with one attached hydrogen (secondary N) is 2. The van der Waals surface area contributed by atoms with Gasteiger partial charge in [0.15, 0.2) is 0 Å². The van der Waals surface area contributed by atoms with Gasteiger partial charge in [0.1, 0.15) is 0 Å². The van der Waals surface area contributed by atoms with Crippen LogP contribution in [-0.2, 0) is 10.0 Å². The van der Waals surface area contributed by atoms with E-state index in [1.807, 2.05) is 24.4 Å². The Morgan fingerprint density at radius 2 is 2.11 bits per heavy atom. The van der Waals surface area contributed by atoms with E-state index in [1.165, 1.54) is 0 Å². The van der Waals surface area contributed by atoms with E-state index in [9.17, 15) is 8.42 Å². The van der Waals surface area contributed by atoms with E-state index in [4.69, 9.17) is 0 Å². The molecule has 18 heavy (non-hydrogen) atoms. The van der Waals surface area contributed by atoms with Crippen molar-refractivity contribution in [2.24, 2.45) is 0 Å². The van der Waals surface area contributed by atoms with Gasteiger partial charge in [-0.05, 0) is 30.8 Å². The molecule has 1 heterocycles. The number of sulfonamides is 1. The Kier molecular flexibility index (Phi) is 6.85. The molecule has 1 aromatic heterocycles. The molecule has 1 rings (SSSR count). The van der Waals surface area contributed by atoms with Gasteiger partial charge in [0.25, 0.3) is 0 Å². The third-order valence-corrected chi connectivity index (χ3v) is 4.96. The Balaban J connectivity index is 2.48. The summed E-state index contributed by atoms with van der Waals surface area (Å²) in [5.41, 5.74) is 0. The van der Waals surface area contributed by atoms with Crippen molar-refractivity contribution in [2.45, 2.75) is 32.7 Å². The highest BCUT2D eigenvalue weighted by Crippen LogP contribution is 2.22. The van der Waals surface area contributed by atoms with Gasteiger partial charge in [0, 0.05) is 11.4 Å². The number of hydrogen-bond donors (Lipinski definition) is 2. The van der Waals surface area contributed by atoms with Crippen LogP contribution in [0, 0.1) is 0 Å². The molecule has 6 heteroatoms. The van der Waals surface area contributed by atoms with Gasteiger partial charge < -0.3 is 5.32 Å². The summed E-state index contributed by atoms with van der Waals surface area (Å²) in [5, 5.41) is 5.07. The van der Waals surface area contributed by atoms with Crippen LogP contribution in [0.15, 0.2) is 17.5 Å². The van der Waals surface area contributed by atoms with Crippen LogP contribution in [0.4, 0.5) is 0 Å². The molecule has 1 atom stereocenters. The van der Waals surface area contributed by atoms with Gasteiger partial charge in [-0.3, -0.25) is 0 Å². The highest BCUT2D eigenvalue weighted by molar-refractivity contribution is 7.89. The van der Waals surface area contributed by atoms with Crippen LogP contribution < -0.4 is 10.0 Å². The van der Waals surface area contributed by atoms with Crippen molar-refractivity contribution in [3.05, 3.63) is 22.4 Å². The van der Waals surface area contributed by atoms with Crippen molar-refractivity contribution in [1.82, 2.24) is 10.0 Å². The Bertz CT molecular complexity index is 415. The molecular weight excluding hydrogens is 268 g/mol. The maximum Gasteiger partial charge on any atom is 0.213 e. The van der Waals surface area contributed by atoms with Crippen LogP contribution in [-0.4, -0.2) is 27.3 Å². The van der Waals surface area contributed by atoms with Crippen molar-refractivity contribution in [2.75, 3.05) is 18.8 Å². The number of thiophene rings is 1. The summed E-state index contributed by atoms with van der Waals surface area (Å²) in [7, 11) is -3.21. The molecule has 0 aliphatic carbocycles. The summed E-state index contributed by atoms with van der Waals surface area (Å²) < 4.78 is 26.6. The van der Waals surface area contributed by atoms with Crippen molar-refractivity contribution in [3.8, 4) is 0 Å². The fourth-order valence-electron chi connectivity index (χ4n) is 1.62. The molecule has 0 bridgehead atoms. The molecule has 0 radical (unpaired) electrons. The lowest BCUT2D eigenvalue weighted by molar-refractivity contribution is 0.549. The first-order valence-electron chi connectivity index (χ1n) is 6.33. The molecule has 0 spiro atoms. The standard InChI is InChI=1S/C12H22N2O2S2/c1-3-7-13-8-10-18(15,16)14-11(4-2)12-6-5-9-17-12/h5-6,9,11,13-14H,3-4,7-8,10H2,1-2H3. The average Bonchev–Trinajstić information content (AvgIpc) is 2.85. The summed E-state index contributed by atoms with van der Waals surface area (Å²) in [6, 6.07) is 3.82. The molecule has 0 saturated heterocycles. The Morgan fingerprint density at radius 3 is 2.67 bits per heavy atom. The summed E-state index contributed by atoms with van der Waals surface area (Å²) in [6.45, 7) is 5.41. The predicted octanol–water partition coefficient (Wildman–Crippen LogP) is 2.12. The van der Waals surface area contributed by atoms with Crippen molar-refractivity contribution in [3.63, 3.8) is 0 Å². The summed E-state index contributed by atoms with van der Waals surface area (Å²) in [6.07, 6.45) is 1.78. The molecule has 104 valence electrons. The van der Waals surface area contributed by atoms with E-state index in [-0.39, 0.29) is 11.8 Å². The first-order chi connectivity index (χ1) is 8.59. The SMILES string of the molecule is CCCNCCS(=O)(=O)NC(CC)c1cccs1. The van der Waals surface area contributed by atoms with Crippen LogP contribution >= 0.6 is 11.3 Å². The first kappa shape index (κ1) is 15.6. The monoisotopic (exact) mass is 290 g/mol. The maximum absolute atomic E-state index is 11.9. The second-order valence-electron chi connectivity index (χ2n) is 4.16. The molecular formula is C12H22N2O2S2. The van der Waals surface area contributed by atoms with Crippen LogP contribution in [0.5, 0.6) is 0 Å². The minimum absolute atomic E-state index is 0.0961. The average molecular weight is 290 g/mol. The Labute approximate surface area is 114 Å². The van der Waals surface area contributed by atoms with E-state index in [1.54, 1.807) is 11.3 Å². The molecule has 0 aromatic carbocycles. The quantitative estimate of drug-likeness (QED) is 0.685. The first-order valence-corrected chi connectivity index (χ1v) is 8.86. The van der Waals surface area contributed by atoms with E-state index >= 15 is 0 Å². The molecule has 0 aliphatic rings. The van der Waals surface area contributed by atoms with Crippen molar-refractivity contribution >= 4 is 21.4 Å². The second kappa shape index (κ2) is 7.89. The van der Waals surface area contributed by atoms with Crippen molar-refractivity contribution in [1.29, 1.82) is 0 Å². The third-order valence-electron chi connectivity index (χ3n) is 2.59. The topological polar surface area (TPSA) is 58.2 Å². The fourth-order valence-corrected chi connectivity index (χ4v) is 3.81. The highest BCUT2D eigenvalue weighted by atomic mass is 32.2. The van der Waals surface area contributed by atoms with E-state index in [2.05, 4.69) is 17.0 Å². The fraction of sp³-hybridized carbons (Fsp3) is 0.667. The number of hydrogen-bond acceptors (Lipinski definition) is 4. The summed E-state index contributed by atoms with van der Waals surface area (Å²) >= 11 is 1.59. The Morgan fingerprint density at radius 1 is 1.33 bits per heavy atom. The molecule has 0 aliphatic heterocycles. The minimum atomic E-state index is -3.21. The zero-order chi connectivity index (χ0) is 13.4. The lowest BCUT2D eigenvalue weighted by Gasteiger charge is -2.15. The second-order valence-corrected chi connectivity index (χ2v) is 7.02. The lowest BCUT2D eigenvalue weighted by Crippen LogP contribution is -2.34. The zero-order valence-corrected chi connectivity index (χ0v) is 12.6. The summed E-state index contributed by atoms with van der Waals surface area (Å²) in [4.78, 5) is 1.07. The molecule has 1 aromatic rings. The van der Waals surface area contributed by atoms with Gasteiger partial charge >= 0.3 is 0 Å². The minimum Gasteiger partial charge on any atom is -0.316 e. The van der Waals surface area contributed by atoms with Gasteiger partial charge in [0.2, 0.25) is 10.0 Å². The van der Waals surface area contributed by atoms with Gasteiger partial charge in [-0.25, -0.2) is 13.1 Å². The maximum atomic E-state index is 11.9. The third kappa shape index (κ3) is 5.48.